The van der Waals surface area contributed by atoms with Crippen LogP contribution in [0.1, 0.15) is 32.1 Å². The fraction of sp³-hybridized carbons (Fsp3) is 0.533. The third kappa shape index (κ3) is 4.88. The first-order chi connectivity index (χ1) is 9.18. The van der Waals surface area contributed by atoms with Crippen molar-refractivity contribution in [1.82, 2.24) is 5.32 Å². The first-order valence-corrected chi connectivity index (χ1v) is 7.90. The molecule has 0 spiro atoms. The average Bonchev–Trinajstić information content (AvgIpc) is 2.82. The van der Waals surface area contributed by atoms with Gasteiger partial charge in [0.25, 0.3) is 0 Å². The van der Waals surface area contributed by atoms with E-state index in [1.165, 1.54) is 4.90 Å². The van der Waals surface area contributed by atoms with Crippen LogP contribution in [-0.2, 0) is 4.79 Å². The highest BCUT2D eigenvalue weighted by Crippen LogP contribution is 2.29. The van der Waals surface area contributed by atoms with Crippen molar-refractivity contribution in [3.63, 3.8) is 0 Å². The van der Waals surface area contributed by atoms with Crippen LogP contribution in [-0.4, -0.2) is 23.7 Å². The summed E-state index contributed by atoms with van der Waals surface area (Å²) in [6.45, 7) is 0.703. The summed E-state index contributed by atoms with van der Waals surface area (Å²) in [5, 5.41) is 2.97. The molecule has 1 aliphatic carbocycles. The fourth-order valence-corrected chi connectivity index (χ4v) is 3.30. The Labute approximate surface area is 119 Å². The molecule has 0 atom stereocenters. The van der Waals surface area contributed by atoms with Crippen LogP contribution >= 0.6 is 11.8 Å². The van der Waals surface area contributed by atoms with E-state index in [0.717, 1.165) is 31.4 Å². The number of carbonyl (C=O) groups excluding carboxylic acids is 1. The number of thioether (sulfide) groups is 1. The molecule has 3 N–H and O–H groups in total. The standard InChI is InChI=1S/C15H22N2OS/c16-15(8-4-5-9-15)12-14(18)17-10-11-19-13-6-2-1-3-7-13/h1-3,6-7H,4-5,8-12,16H2,(H,17,18). The minimum atomic E-state index is -0.239. The Kier molecular flexibility index (Phi) is 5.28. The maximum absolute atomic E-state index is 11.8. The van der Waals surface area contributed by atoms with Crippen molar-refractivity contribution >= 4 is 17.7 Å². The highest BCUT2D eigenvalue weighted by Gasteiger charge is 2.31. The Balaban J connectivity index is 1.61. The van der Waals surface area contributed by atoms with Gasteiger partial charge in [0.15, 0.2) is 0 Å². The van der Waals surface area contributed by atoms with Gasteiger partial charge in [0.1, 0.15) is 0 Å². The van der Waals surface area contributed by atoms with E-state index in [4.69, 9.17) is 5.73 Å². The summed E-state index contributed by atoms with van der Waals surface area (Å²) in [4.78, 5) is 13.1. The Morgan fingerprint density at radius 1 is 1.26 bits per heavy atom. The van der Waals surface area contributed by atoms with E-state index in [9.17, 15) is 4.79 Å². The molecule has 2 rings (SSSR count). The van der Waals surface area contributed by atoms with Crippen molar-refractivity contribution < 1.29 is 4.79 Å². The first-order valence-electron chi connectivity index (χ1n) is 6.91. The quantitative estimate of drug-likeness (QED) is 0.621. The van der Waals surface area contributed by atoms with Gasteiger partial charge in [-0.25, -0.2) is 0 Å². The Morgan fingerprint density at radius 2 is 1.95 bits per heavy atom. The molecule has 1 aliphatic rings. The summed E-state index contributed by atoms with van der Waals surface area (Å²) < 4.78 is 0. The van der Waals surface area contributed by atoms with Crippen LogP contribution in [0.4, 0.5) is 0 Å². The van der Waals surface area contributed by atoms with Crippen molar-refractivity contribution in [2.45, 2.75) is 42.5 Å². The second-order valence-electron chi connectivity index (χ2n) is 5.26. The lowest BCUT2D eigenvalue weighted by molar-refractivity contribution is -0.122. The van der Waals surface area contributed by atoms with Crippen LogP contribution in [0, 0.1) is 0 Å². The van der Waals surface area contributed by atoms with Crippen LogP contribution in [0.15, 0.2) is 35.2 Å². The van der Waals surface area contributed by atoms with E-state index in [0.29, 0.717) is 13.0 Å². The summed E-state index contributed by atoms with van der Waals surface area (Å²) in [6, 6.07) is 10.2. The summed E-state index contributed by atoms with van der Waals surface area (Å²) in [7, 11) is 0. The van der Waals surface area contributed by atoms with Gasteiger partial charge in [-0.3, -0.25) is 4.79 Å². The van der Waals surface area contributed by atoms with Crippen molar-refractivity contribution in [2.24, 2.45) is 5.73 Å². The number of nitrogens with two attached hydrogens (primary N) is 1. The molecule has 0 saturated heterocycles. The van der Waals surface area contributed by atoms with Crippen molar-refractivity contribution in [3.8, 4) is 0 Å². The second-order valence-corrected chi connectivity index (χ2v) is 6.43. The number of rotatable bonds is 6. The van der Waals surface area contributed by atoms with Crippen LogP contribution < -0.4 is 11.1 Å². The number of hydrogen-bond acceptors (Lipinski definition) is 3. The zero-order chi connectivity index (χ0) is 13.6. The summed E-state index contributed by atoms with van der Waals surface area (Å²) >= 11 is 1.76. The van der Waals surface area contributed by atoms with Gasteiger partial charge in [-0.2, -0.15) is 0 Å². The van der Waals surface area contributed by atoms with Gasteiger partial charge < -0.3 is 11.1 Å². The minimum absolute atomic E-state index is 0.0954. The largest absolute Gasteiger partial charge is 0.355 e. The Bertz CT molecular complexity index is 402. The molecular weight excluding hydrogens is 256 g/mol. The van der Waals surface area contributed by atoms with E-state index in [1.807, 2.05) is 18.2 Å². The SMILES string of the molecule is NC1(CC(=O)NCCSc2ccccc2)CCCC1. The molecule has 0 bridgehead atoms. The normalized spacial score (nSPS) is 17.3. The number of benzene rings is 1. The molecule has 104 valence electrons. The van der Waals surface area contributed by atoms with Crippen molar-refractivity contribution in [3.05, 3.63) is 30.3 Å². The van der Waals surface area contributed by atoms with E-state index < -0.39 is 0 Å². The number of carbonyl (C=O) groups is 1. The summed E-state index contributed by atoms with van der Waals surface area (Å²) in [5.74, 6) is 0.992. The predicted octanol–water partition coefficient (Wildman–Crippen LogP) is 2.56. The fourth-order valence-electron chi connectivity index (χ4n) is 2.51. The van der Waals surface area contributed by atoms with Crippen LogP contribution in [0.3, 0.4) is 0 Å². The maximum atomic E-state index is 11.8. The highest BCUT2D eigenvalue weighted by molar-refractivity contribution is 7.99. The third-order valence-electron chi connectivity index (χ3n) is 3.55. The molecule has 1 aromatic rings. The Morgan fingerprint density at radius 3 is 2.63 bits per heavy atom. The number of nitrogens with one attached hydrogen (secondary N) is 1. The molecule has 0 radical (unpaired) electrons. The second kappa shape index (κ2) is 6.96. The van der Waals surface area contributed by atoms with Gasteiger partial charge in [0.2, 0.25) is 5.91 Å². The predicted molar refractivity (Wildman–Crippen MR) is 80.2 cm³/mol. The van der Waals surface area contributed by atoms with Gasteiger partial charge in [0, 0.05) is 29.2 Å². The van der Waals surface area contributed by atoms with Gasteiger partial charge >= 0.3 is 0 Å². The van der Waals surface area contributed by atoms with E-state index >= 15 is 0 Å². The van der Waals surface area contributed by atoms with Crippen molar-refractivity contribution in [2.75, 3.05) is 12.3 Å². The molecule has 1 fully saturated rings. The van der Waals surface area contributed by atoms with Crippen LogP contribution in [0.5, 0.6) is 0 Å². The van der Waals surface area contributed by atoms with E-state index in [2.05, 4.69) is 17.4 Å². The molecule has 4 heteroatoms. The maximum Gasteiger partial charge on any atom is 0.221 e. The zero-order valence-corrected chi connectivity index (χ0v) is 12.0. The molecule has 0 unspecified atom stereocenters. The smallest absolute Gasteiger partial charge is 0.221 e. The molecule has 1 aromatic carbocycles. The number of hydrogen-bond donors (Lipinski definition) is 2. The molecule has 1 amide bonds. The summed E-state index contributed by atoms with van der Waals surface area (Å²) in [6.07, 6.45) is 4.77. The lowest BCUT2D eigenvalue weighted by atomic mass is 9.94. The van der Waals surface area contributed by atoms with Gasteiger partial charge in [0.05, 0.1) is 0 Å². The summed E-state index contributed by atoms with van der Waals surface area (Å²) in [5.41, 5.74) is 5.95. The third-order valence-corrected chi connectivity index (χ3v) is 4.56. The molecule has 19 heavy (non-hydrogen) atoms. The van der Waals surface area contributed by atoms with Crippen LogP contribution in [0.2, 0.25) is 0 Å². The van der Waals surface area contributed by atoms with Gasteiger partial charge in [-0.15, -0.1) is 11.8 Å². The van der Waals surface area contributed by atoms with Crippen LogP contribution in [0.25, 0.3) is 0 Å². The topological polar surface area (TPSA) is 55.1 Å². The first kappa shape index (κ1) is 14.4. The number of amides is 1. The highest BCUT2D eigenvalue weighted by atomic mass is 32.2. The molecule has 3 nitrogen and oxygen atoms in total. The average molecular weight is 278 g/mol. The van der Waals surface area contributed by atoms with E-state index in [-0.39, 0.29) is 11.4 Å². The lowest BCUT2D eigenvalue weighted by Gasteiger charge is -2.22. The lowest BCUT2D eigenvalue weighted by Crippen LogP contribution is -2.42. The van der Waals surface area contributed by atoms with Crippen molar-refractivity contribution in [1.29, 1.82) is 0 Å². The van der Waals surface area contributed by atoms with Gasteiger partial charge in [-0.05, 0) is 25.0 Å². The molecule has 0 aliphatic heterocycles. The monoisotopic (exact) mass is 278 g/mol. The molecular formula is C15H22N2OS. The molecule has 0 heterocycles. The minimum Gasteiger partial charge on any atom is -0.355 e. The zero-order valence-electron chi connectivity index (χ0n) is 11.2. The Hall–Kier alpha value is -1.00. The molecule has 1 saturated carbocycles. The van der Waals surface area contributed by atoms with Gasteiger partial charge in [-0.1, -0.05) is 31.0 Å². The molecule has 0 aromatic heterocycles. The van der Waals surface area contributed by atoms with E-state index in [1.54, 1.807) is 11.8 Å².